The third-order valence-electron chi connectivity index (χ3n) is 5.14. The van der Waals surface area contributed by atoms with Gasteiger partial charge >= 0.3 is 0 Å². The summed E-state index contributed by atoms with van der Waals surface area (Å²) in [5, 5.41) is 14.6. The van der Waals surface area contributed by atoms with Crippen LogP contribution in [0.3, 0.4) is 0 Å². The Labute approximate surface area is 180 Å². The van der Waals surface area contributed by atoms with Gasteiger partial charge in [-0.05, 0) is 49.7 Å². The summed E-state index contributed by atoms with van der Waals surface area (Å²) in [5.41, 5.74) is 14.4. The summed E-state index contributed by atoms with van der Waals surface area (Å²) in [7, 11) is 0. The monoisotopic (exact) mass is 412 g/mol. The van der Waals surface area contributed by atoms with Crippen molar-refractivity contribution in [1.82, 2.24) is 9.99 Å². The number of nitrogen functional groups attached to an aromatic ring is 1. The number of nitrogens with zero attached hydrogens (tertiary/aromatic N) is 2. The normalized spacial score (nSPS) is 11.3. The molecule has 0 aliphatic carbocycles. The van der Waals surface area contributed by atoms with Gasteiger partial charge in [-0.15, -0.1) is 0 Å². The van der Waals surface area contributed by atoms with Crippen LogP contribution in [0, 0.1) is 13.8 Å². The van der Waals surface area contributed by atoms with Crippen LogP contribution in [0.1, 0.15) is 32.6 Å². The molecule has 1 amide bonds. The summed E-state index contributed by atoms with van der Waals surface area (Å²) in [6.07, 6.45) is 3.70. The van der Waals surface area contributed by atoms with Gasteiger partial charge in [0.2, 0.25) is 0 Å². The van der Waals surface area contributed by atoms with Crippen molar-refractivity contribution in [3.05, 3.63) is 94.7 Å². The van der Waals surface area contributed by atoms with Crippen molar-refractivity contribution in [3.63, 3.8) is 0 Å². The van der Waals surface area contributed by atoms with E-state index in [9.17, 15) is 9.90 Å². The van der Waals surface area contributed by atoms with Crippen molar-refractivity contribution < 1.29 is 9.90 Å². The Kier molecular flexibility index (Phi) is 5.45. The van der Waals surface area contributed by atoms with Crippen LogP contribution < -0.4 is 11.2 Å². The fourth-order valence-corrected chi connectivity index (χ4v) is 3.78. The van der Waals surface area contributed by atoms with Crippen LogP contribution in [0.4, 0.5) is 5.69 Å². The second-order valence-corrected chi connectivity index (χ2v) is 7.69. The standard InChI is InChI=1S/C25H24N4O2/c1-16-10-17(2)12-18(11-16)15-29-9-8-21-20(4-3-5-23(21)29)14-27-28-25(31)19-6-7-24(30)22(26)13-19/h3-14,30H,15,26H2,1-2H3,(H,28,31)/b27-14+. The third-order valence-corrected chi connectivity index (χ3v) is 5.14. The van der Waals surface area contributed by atoms with Gasteiger partial charge in [-0.2, -0.15) is 5.10 Å². The lowest BCUT2D eigenvalue weighted by Gasteiger charge is -2.08. The average Bonchev–Trinajstić information content (AvgIpc) is 3.13. The molecule has 0 aliphatic heterocycles. The summed E-state index contributed by atoms with van der Waals surface area (Å²) >= 11 is 0. The van der Waals surface area contributed by atoms with Gasteiger partial charge in [0.05, 0.1) is 11.9 Å². The molecule has 0 bridgehead atoms. The first-order chi connectivity index (χ1) is 14.9. The number of aromatic nitrogens is 1. The number of anilines is 1. The lowest BCUT2D eigenvalue weighted by molar-refractivity contribution is 0.0955. The van der Waals surface area contributed by atoms with E-state index in [1.807, 2.05) is 12.1 Å². The summed E-state index contributed by atoms with van der Waals surface area (Å²) in [6, 6.07) is 18.9. The molecular formula is C25H24N4O2. The molecule has 4 aromatic rings. The Hall–Kier alpha value is -4.06. The molecule has 0 aliphatic rings. The van der Waals surface area contributed by atoms with E-state index < -0.39 is 5.91 Å². The van der Waals surface area contributed by atoms with Gasteiger partial charge in [-0.25, -0.2) is 5.43 Å². The minimum atomic E-state index is -0.400. The van der Waals surface area contributed by atoms with Crippen molar-refractivity contribution in [2.24, 2.45) is 5.10 Å². The Morgan fingerprint density at radius 2 is 1.87 bits per heavy atom. The first kappa shape index (κ1) is 20.2. The highest BCUT2D eigenvalue weighted by molar-refractivity contribution is 6.00. The smallest absolute Gasteiger partial charge is 0.271 e. The number of hydrazone groups is 1. The first-order valence-electron chi connectivity index (χ1n) is 9.97. The molecule has 0 saturated heterocycles. The van der Waals surface area contributed by atoms with Crippen LogP contribution in [-0.2, 0) is 6.54 Å². The minimum Gasteiger partial charge on any atom is -0.506 e. The van der Waals surface area contributed by atoms with E-state index in [0.29, 0.717) is 5.56 Å². The van der Waals surface area contributed by atoms with E-state index in [0.717, 1.165) is 23.0 Å². The molecule has 156 valence electrons. The van der Waals surface area contributed by atoms with Gasteiger partial charge < -0.3 is 15.4 Å². The lowest BCUT2D eigenvalue weighted by atomic mass is 10.1. The maximum Gasteiger partial charge on any atom is 0.271 e. The molecule has 0 radical (unpaired) electrons. The number of fused-ring (bicyclic) bond motifs is 1. The van der Waals surface area contributed by atoms with Crippen LogP contribution in [0.2, 0.25) is 0 Å². The molecule has 31 heavy (non-hydrogen) atoms. The van der Waals surface area contributed by atoms with Gasteiger partial charge in [0, 0.05) is 34.8 Å². The molecular weight excluding hydrogens is 388 g/mol. The number of benzene rings is 3. The number of nitrogens with one attached hydrogen (secondary N) is 1. The zero-order valence-electron chi connectivity index (χ0n) is 17.5. The molecule has 3 aromatic carbocycles. The minimum absolute atomic E-state index is 0.0583. The Bertz CT molecular complexity index is 1280. The molecule has 0 atom stereocenters. The molecule has 0 fully saturated rings. The molecule has 0 saturated carbocycles. The molecule has 6 nitrogen and oxygen atoms in total. The van der Waals surface area contributed by atoms with Crippen LogP contribution in [0.5, 0.6) is 5.75 Å². The SMILES string of the molecule is Cc1cc(C)cc(Cn2ccc3c(/C=N/NC(=O)c4ccc(O)c(N)c4)cccc32)c1. The van der Waals surface area contributed by atoms with Crippen molar-refractivity contribution in [1.29, 1.82) is 0 Å². The Balaban J connectivity index is 1.53. The quantitative estimate of drug-likeness (QED) is 0.197. The largest absolute Gasteiger partial charge is 0.506 e. The van der Waals surface area contributed by atoms with Crippen LogP contribution in [-0.4, -0.2) is 21.8 Å². The Morgan fingerprint density at radius 1 is 1.10 bits per heavy atom. The second-order valence-electron chi connectivity index (χ2n) is 7.69. The number of carbonyl (C=O) groups excluding carboxylic acids is 1. The van der Waals surface area contributed by atoms with E-state index in [-0.39, 0.29) is 11.4 Å². The number of hydrogen-bond donors (Lipinski definition) is 3. The first-order valence-corrected chi connectivity index (χ1v) is 9.97. The predicted molar refractivity (Wildman–Crippen MR) is 125 cm³/mol. The fourth-order valence-electron chi connectivity index (χ4n) is 3.78. The van der Waals surface area contributed by atoms with E-state index in [1.54, 1.807) is 6.21 Å². The number of rotatable bonds is 5. The maximum atomic E-state index is 12.3. The zero-order valence-corrected chi connectivity index (χ0v) is 17.5. The van der Waals surface area contributed by atoms with Gasteiger partial charge in [0.25, 0.3) is 5.91 Å². The van der Waals surface area contributed by atoms with Crippen LogP contribution in [0.25, 0.3) is 10.9 Å². The predicted octanol–water partition coefficient (Wildman–Crippen LogP) is 4.36. The maximum absolute atomic E-state index is 12.3. The highest BCUT2D eigenvalue weighted by Gasteiger charge is 2.08. The molecule has 0 unspecified atom stereocenters. The number of aromatic hydroxyl groups is 1. The molecule has 4 rings (SSSR count). The number of carbonyl (C=O) groups is 1. The van der Waals surface area contributed by atoms with Crippen LogP contribution in [0.15, 0.2) is 72.0 Å². The average molecular weight is 412 g/mol. The lowest BCUT2D eigenvalue weighted by Crippen LogP contribution is -2.17. The van der Waals surface area contributed by atoms with E-state index in [1.165, 1.54) is 34.9 Å². The highest BCUT2D eigenvalue weighted by atomic mass is 16.3. The highest BCUT2D eigenvalue weighted by Crippen LogP contribution is 2.22. The number of phenolic OH excluding ortho intramolecular Hbond substituents is 1. The molecule has 1 heterocycles. The van der Waals surface area contributed by atoms with Gasteiger partial charge in [-0.3, -0.25) is 4.79 Å². The molecule has 1 aromatic heterocycles. The fraction of sp³-hybridized carbons (Fsp3) is 0.120. The van der Waals surface area contributed by atoms with E-state index in [4.69, 9.17) is 5.73 Å². The van der Waals surface area contributed by atoms with E-state index in [2.05, 4.69) is 65.5 Å². The number of aryl methyl sites for hydroxylation is 2. The topological polar surface area (TPSA) is 92.6 Å². The van der Waals surface area contributed by atoms with Crippen molar-refractivity contribution >= 4 is 28.7 Å². The number of phenols is 1. The van der Waals surface area contributed by atoms with Gasteiger partial charge in [0.15, 0.2) is 0 Å². The molecule has 6 heteroatoms. The van der Waals surface area contributed by atoms with Crippen LogP contribution >= 0.6 is 0 Å². The van der Waals surface area contributed by atoms with E-state index >= 15 is 0 Å². The molecule has 4 N–H and O–H groups in total. The number of nitrogens with two attached hydrogens (primary N) is 1. The van der Waals surface area contributed by atoms with Gasteiger partial charge in [0.1, 0.15) is 5.75 Å². The summed E-state index contributed by atoms with van der Waals surface area (Å²) < 4.78 is 2.21. The number of hydrogen-bond acceptors (Lipinski definition) is 4. The summed E-state index contributed by atoms with van der Waals surface area (Å²) in [4.78, 5) is 12.3. The third kappa shape index (κ3) is 4.43. The Morgan fingerprint density at radius 3 is 2.61 bits per heavy atom. The number of amides is 1. The zero-order chi connectivity index (χ0) is 22.0. The summed E-state index contributed by atoms with van der Waals surface area (Å²) in [5.74, 6) is -0.459. The van der Waals surface area contributed by atoms with Gasteiger partial charge in [-0.1, -0.05) is 41.5 Å². The molecule has 0 spiro atoms. The second kappa shape index (κ2) is 8.36. The van der Waals surface area contributed by atoms with Crippen molar-refractivity contribution in [2.45, 2.75) is 20.4 Å². The van der Waals surface area contributed by atoms with Crippen molar-refractivity contribution in [2.75, 3.05) is 5.73 Å². The van der Waals surface area contributed by atoms with Crippen molar-refractivity contribution in [3.8, 4) is 5.75 Å². The summed E-state index contributed by atoms with van der Waals surface area (Å²) in [6.45, 7) is 5.00.